The molecule has 1 aromatic carbocycles. The fraction of sp³-hybridized carbons (Fsp3) is 0.600. The van der Waals surface area contributed by atoms with Gasteiger partial charge in [-0.3, -0.25) is 0 Å². The molecule has 1 heterocycles. The highest BCUT2D eigenvalue weighted by molar-refractivity contribution is 5.70. The molecule has 2 nitrogen and oxygen atoms in total. The first-order chi connectivity index (χ1) is 8.31. The smallest absolute Gasteiger partial charge is 0.0602 e. The van der Waals surface area contributed by atoms with Crippen LogP contribution in [0.4, 0.5) is 11.4 Å². The summed E-state index contributed by atoms with van der Waals surface area (Å²) in [6.07, 6.45) is 3.84. The molecular weight excluding hydrogens is 208 g/mol. The summed E-state index contributed by atoms with van der Waals surface area (Å²) in [6, 6.07) is 8.69. The molecule has 0 amide bonds. The first kappa shape index (κ1) is 12.3. The van der Waals surface area contributed by atoms with Gasteiger partial charge >= 0.3 is 0 Å². The minimum absolute atomic E-state index is 0.783. The van der Waals surface area contributed by atoms with Gasteiger partial charge in [-0.05, 0) is 30.9 Å². The zero-order valence-electron chi connectivity index (χ0n) is 11.1. The highest BCUT2D eigenvalue weighted by Gasteiger charge is 2.16. The first-order valence-electron chi connectivity index (χ1n) is 6.89. The average molecular weight is 232 g/mol. The maximum atomic E-state index is 3.52. The molecule has 2 rings (SSSR count). The molecule has 2 heteroatoms. The van der Waals surface area contributed by atoms with Crippen molar-refractivity contribution in [1.82, 2.24) is 0 Å². The van der Waals surface area contributed by atoms with Crippen molar-refractivity contribution in [2.75, 3.05) is 29.9 Å². The number of nitrogens with one attached hydrogen (secondary N) is 1. The molecule has 17 heavy (non-hydrogen) atoms. The number of hydrogen-bond acceptors (Lipinski definition) is 2. The molecule has 0 fully saturated rings. The van der Waals surface area contributed by atoms with E-state index in [-0.39, 0.29) is 0 Å². The molecule has 0 saturated heterocycles. The molecule has 0 spiro atoms. The van der Waals surface area contributed by atoms with E-state index in [1.54, 1.807) is 0 Å². The second-order valence-electron chi connectivity index (χ2n) is 5.14. The highest BCUT2D eigenvalue weighted by Crippen LogP contribution is 2.28. The maximum absolute atomic E-state index is 3.52. The van der Waals surface area contributed by atoms with Crippen molar-refractivity contribution < 1.29 is 0 Å². The number of rotatable bonds is 4. The molecule has 94 valence electrons. The maximum Gasteiger partial charge on any atom is 0.0602 e. The van der Waals surface area contributed by atoms with Crippen LogP contribution in [0.15, 0.2) is 24.3 Å². The van der Waals surface area contributed by atoms with Gasteiger partial charge in [0.15, 0.2) is 0 Å². The minimum Gasteiger partial charge on any atom is -0.383 e. The van der Waals surface area contributed by atoms with Crippen LogP contribution in [0.3, 0.4) is 0 Å². The number of nitrogens with zero attached hydrogens (tertiary/aromatic N) is 1. The Bertz CT molecular complexity index is 349. The van der Waals surface area contributed by atoms with Crippen molar-refractivity contribution in [1.29, 1.82) is 0 Å². The van der Waals surface area contributed by atoms with Crippen LogP contribution in [0.25, 0.3) is 0 Å². The SMILES string of the molecule is CCCC(C)CN1CCCNc2ccccc21. The Hall–Kier alpha value is -1.18. The van der Waals surface area contributed by atoms with Crippen LogP contribution in [0.1, 0.15) is 33.1 Å². The van der Waals surface area contributed by atoms with E-state index >= 15 is 0 Å². The summed E-state index contributed by atoms with van der Waals surface area (Å²) in [4.78, 5) is 2.55. The minimum atomic E-state index is 0.783. The lowest BCUT2D eigenvalue weighted by Gasteiger charge is -2.27. The second kappa shape index (κ2) is 5.95. The zero-order valence-corrected chi connectivity index (χ0v) is 11.1. The van der Waals surface area contributed by atoms with Crippen molar-refractivity contribution in [3.8, 4) is 0 Å². The van der Waals surface area contributed by atoms with E-state index in [0.29, 0.717) is 0 Å². The third-order valence-corrected chi connectivity index (χ3v) is 3.48. The Morgan fingerprint density at radius 3 is 3.00 bits per heavy atom. The van der Waals surface area contributed by atoms with Gasteiger partial charge in [-0.25, -0.2) is 0 Å². The summed E-state index contributed by atoms with van der Waals surface area (Å²) in [6.45, 7) is 8.10. The third kappa shape index (κ3) is 3.15. The van der Waals surface area contributed by atoms with E-state index in [4.69, 9.17) is 0 Å². The van der Waals surface area contributed by atoms with Crippen LogP contribution in [0.2, 0.25) is 0 Å². The van der Waals surface area contributed by atoms with E-state index in [2.05, 4.69) is 48.3 Å². The Morgan fingerprint density at radius 1 is 1.35 bits per heavy atom. The van der Waals surface area contributed by atoms with Gasteiger partial charge < -0.3 is 10.2 Å². The van der Waals surface area contributed by atoms with Crippen LogP contribution < -0.4 is 10.2 Å². The summed E-state index contributed by atoms with van der Waals surface area (Å²) < 4.78 is 0. The fourth-order valence-corrected chi connectivity index (χ4v) is 2.66. The van der Waals surface area contributed by atoms with E-state index < -0.39 is 0 Å². The predicted molar refractivity (Wildman–Crippen MR) is 75.8 cm³/mol. The Morgan fingerprint density at radius 2 is 2.18 bits per heavy atom. The van der Waals surface area contributed by atoms with E-state index in [9.17, 15) is 0 Å². The molecule has 0 radical (unpaired) electrons. The number of hydrogen-bond donors (Lipinski definition) is 1. The van der Waals surface area contributed by atoms with Crippen LogP contribution in [0, 0.1) is 5.92 Å². The lowest BCUT2D eigenvalue weighted by molar-refractivity contribution is 0.511. The number of para-hydroxylation sites is 2. The quantitative estimate of drug-likeness (QED) is 0.850. The largest absolute Gasteiger partial charge is 0.383 e. The van der Waals surface area contributed by atoms with E-state index in [1.165, 1.54) is 43.7 Å². The van der Waals surface area contributed by atoms with Gasteiger partial charge in [0.05, 0.1) is 11.4 Å². The first-order valence-corrected chi connectivity index (χ1v) is 6.89. The van der Waals surface area contributed by atoms with E-state index in [0.717, 1.165) is 12.5 Å². The van der Waals surface area contributed by atoms with Crippen molar-refractivity contribution in [3.05, 3.63) is 24.3 Å². The Labute approximate surface area is 105 Å². The van der Waals surface area contributed by atoms with E-state index in [1.807, 2.05) is 0 Å². The molecule has 1 N–H and O–H groups in total. The number of anilines is 2. The van der Waals surface area contributed by atoms with Gasteiger partial charge in [-0.1, -0.05) is 32.4 Å². The van der Waals surface area contributed by atoms with Crippen molar-refractivity contribution in [2.45, 2.75) is 33.1 Å². The van der Waals surface area contributed by atoms with Crippen molar-refractivity contribution in [3.63, 3.8) is 0 Å². The highest BCUT2D eigenvalue weighted by atomic mass is 15.2. The summed E-state index contributed by atoms with van der Waals surface area (Å²) in [5.74, 6) is 0.783. The van der Waals surface area contributed by atoms with Gasteiger partial charge in [-0.2, -0.15) is 0 Å². The average Bonchev–Trinajstić information content (AvgIpc) is 2.53. The summed E-state index contributed by atoms with van der Waals surface area (Å²) in [5.41, 5.74) is 2.68. The molecule has 0 bridgehead atoms. The molecule has 0 aromatic heterocycles. The molecule has 1 unspecified atom stereocenters. The van der Waals surface area contributed by atoms with Crippen molar-refractivity contribution in [2.24, 2.45) is 5.92 Å². The van der Waals surface area contributed by atoms with Gasteiger partial charge in [-0.15, -0.1) is 0 Å². The number of benzene rings is 1. The molecule has 0 aliphatic carbocycles. The fourth-order valence-electron chi connectivity index (χ4n) is 2.66. The molecule has 0 saturated carbocycles. The molecule has 1 aromatic rings. The zero-order chi connectivity index (χ0) is 12.1. The molecular formula is C15H24N2. The summed E-state index contributed by atoms with van der Waals surface area (Å²) in [5, 5.41) is 3.52. The lowest BCUT2D eigenvalue weighted by atomic mass is 10.1. The normalized spacial score (nSPS) is 16.9. The van der Waals surface area contributed by atoms with Crippen LogP contribution in [-0.4, -0.2) is 19.6 Å². The van der Waals surface area contributed by atoms with Gasteiger partial charge in [0.25, 0.3) is 0 Å². The van der Waals surface area contributed by atoms with Gasteiger partial charge in [0.1, 0.15) is 0 Å². The second-order valence-corrected chi connectivity index (χ2v) is 5.14. The van der Waals surface area contributed by atoms with Gasteiger partial charge in [0.2, 0.25) is 0 Å². The van der Waals surface area contributed by atoms with Crippen LogP contribution >= 0.6 is 0 Å². The molecule has 1 aliphatic rings. The Kier molecular flexibility index (Phi) is 4.29. The predicted octanol–water partition coefficient (Wildman–Crippen LogP) is 3.74. The Balaban J connectivity index is 2.11. The van der Waals surface area contributed by atoms with Crippen LogP contribution in [0.5, 0.6) is 0 Å². The standard InChI is InChI=1S/C15H24N2/c1-3-7-13(2)12-17-11-6-10-16-14-8-4-5-9-15(14)17/h4-5,8-9,13,16H,3,6-7,10-12H2,1-2H3. The topological polar surface area (TPSA) is 15.3 Å². The molecule has 1 atom stereocenters. The molecule has 1 aliphatic heterocycles. The van der Waals surface area contributed by atoms with Crippen LogP contribution in [-0.2, 0) is 0 Å². The summed E-state index contributed by atoms with van der Waals surface area (Å²) in [7, 11) is 0. The lowest BCUT2D eigenvalue weighted by Crippen LogP contribution is -2.29. The monoisotopic (exact) mass is 232 g/mol. The number of fused-ring (bicyclic) bond motifs is 1. The van der Waals surface area contributed by atoms with Crippen molar-refractivity contribution >= 4 is 11.4 Å². The summed E-state index contributed by atoms with van der Waals surface area (Å²) >= 11 is 0. The third-order valence-electron chi connectivity index (χ3n) is 3.48. The van der Waals surface area contributed by atoms with Gasteiger partial charge in [0, 0.05) is 19.6 Å².